The van der Waals surface area contributed by atoms with Crippen LogP contribution in [0, 0.1) is 0 Å². The summed E-state index contributed by atoms with van der Waals surface area (Å²) in [5.74, 6) is 0.387. The molecule has 10 heteroatoms. The number of nitrogens with zero attached hydrogens (tertiary/aromatic N) is 3. The number of hydrogen-bond acceptors (Lipinski definition) is 4. The van der Waals surface area contributed by atoms with Gasteiger partial charge in [-0.1, -0.05) is 30.7 Å². The van der Waals surface area contributed by atoms with E-state index in [1.54, 1.807) is 0 Å². The number of carbonyl (C=O) groups excluding carboxylic acids is 1. The van der Waals surface area contributed by atoms with Crippen LogP contribution < -0.4 is 5.23 Å². The van der Waals surface area contributed by atoms with E-state index in [-0.39, 0.29) is 5.24 Å². The number of fused-ring (bicyclic) bond motifs is 1. The molecule has 1 unspecified atom stereocenters. The van der Waals surface area contributed by atoms with E-state index in [1.165, 1.54) is 25.0 Å². The summed E-state index contributed by atoms with van der Waals surface area (Å²) in [5.41, 5.74) is 2.40. The summed E-state index contributed by atoms with van der Waals surface area (Å²) in [6.07, 6.45) is 12.2. The average molecular weight is 359 g/mol. The molecule has 5 nitrogen and oxygen atoms in total. The van der Waals surface area contributed by atoms with Gasteiger partial charge in [-0.15, -0.1) is 5.10 Å². The number of nitrogens with one attached hydrogen (secondary N) is 1. The van der Waals surface area contributed by atoms with Crippen LogP contribution >= 0.6 is 24.2 Å². The molecule has 3 radical (unpaired) electrons. The molecule has 1 amide bonds. The average Bonchev–Trinajstić information content (AvgIpc) is 2.85. The van der Waals surface area contributed by atoms with Crippen LogP contribution in [0.2, 0.25) is 5.82 Å². The molecule has 1 aromatic heterocycles. The molecule has 1 saturated carbocycles. The third kappa shape index (κ3) is 5.25. The van der Waals surface area contributed by atoms with Crippen molar-refractivity contribution < 1.29 is 4.79 Å². The zero-order valence-electron chi connectivity index (χ0n) is 13.9. The fraction of sp³-hybridized carbons (Fsp3) is 0.786. The van der Waals surface area contributed by atoms with E-state index in [2.05, 4.69) is 41.8 Å². The first-order valence-corrected chi connectivity index (χ1v) is 10.2. The van der Waals surface area contributed by atoms with Gasteiger partial charge < -0.3 is 5.23 Å². The normalized spacial score (nSPS) is 21.0. The van der Waals surface area contributed by atoms with Crippen LogP contribution in [0.5, 0.6) is 0 Å². The van der Waals surface area contributed by atoms with Crippen molar-refractivity contribution in [3.05, 3.63) is 11.4 Å². The minimum atomic E-state index is -0.296. The highest BCUT2D eigenvalue weighted by atomic mass is 32.2. The molecule has 1 fully saturated rings. The van der Waals surface area contributed by atoms with Gasteiger partial charge in [-0.25, -0.2) is 11.6 Å². The lowest BCUT2D eigenvalue weighted by Gasteiger charge is -2.24. The van der Waals surface area contributed by atoms with E-state index in [0.29, 0.717) is 5.82 Å². The lowest BCUT2D eigenvalue weighted by molar-refractivity contribution is 0.265. The lowest BCUT2D eigenvalue weighted by atomic mass is 9.54. The van der Waals surface area contributed by atoms with E-state index >= 15 is 0 Å². The quantitative estimate of drug-likeness (QED) is 0.445. The van der Waals surface area contributed by atoms with Gasteiger partial charge in [-0.05, 0) is 49.6 Å². The van der Waals surface area contributed by atoms with Gasteiger partial charge in [-0.3, -0.25) is 9.48 Å². The fourth-order valence-corrected chi connectivity index (χ4v) is 4.25. The first-order chi connectivity index (χ1) is 11.7. The Morgan fingerprint density at radius 1 is 1.29 bits per heavy atom. The Bertz CT molecular complexity index is 556. The maximum atomic E-state index is 10.9. The summed E-state index contributed by atoms with van der Waals surface area (Å²) in [6, 6.07) is 0. The zero-order chi connectivity index (χ0) is 16.8. The van der Waals surface area contributed by atoms with Crippen molar-refractivity contribution in [1.82, 2.24) is 20.2 Å². The maximum Gasteiger partial charge on any atom is 0.263 e. The number of thiol groups is 1. The van der Waals surface area contributed by atoms with Crippen molar-refractivity contribution in [2.24, 2.45) is 0 Å². The van der Waals surface area contributed by atoms with Gasteiger partial charge in [0.15, 0.2) is 0 Å². The van der Waals surface area contributed by atoms with Gasteiger partial charge >= 0.3 is 0 Å². The van der Waals surface area contributed by atoms with Crippen molar-refractivity contribution in [3.8, 4) is 0 Å². The Balaban J connectivity index is 1.46. The topological polar surface area (TPSA) is 59.8 Å². The highest BCUT2D eigenvalue weighted by Crippen LogP contribution is 2.30. The second-order valence-corrected chi connectivity index (χ2v) is 8.15. The van der Waals surface area contributed by atoms with Gasteiger partial charge in [0.1, 0.15) is 13.6 Å². The highest BCUT2D eigenvalue weighted by molar-refractivity contribution is 8.27. The molecular formula is C14H22B3N4OS2. The van der Waals surface area contributed by atoms with Crippen LogP contribution in [0.15, 0.2) is 0 Å². The molecule has 2 aliphatic rings. The Morgan fingerprint density at radius 3 is 2.92 bits per heavy atom. The molecule has 3 rings (SSSR count). The van der Waals surface area contributed by atoms with Crippen LogP contribution in [0.4, 0.5) is 4.79 Å². The van der Waals surface area contributed by atoms with E-state index in [1.807, 2.05) is 23.7 Å². The second-order valence-electron chi connectivity index (χ2n) is 6.53. The molecule has 1 N–H and O–H groups in total. The van der Waals surface area contributed by atoms with E-state index in [9.17, 15) is 4.79 Å². The predicted octanol–water partition coefficient (Wildman–Crippen LogP) is 2.08. The monoisotopic (exact) mass is 359 g/mol. The van der Waals surface area contributed by atoms with Gasteiger partial charge in [0.25, 0.3) is 12.7 Å². The van der Waals surface area contributed by atoms with Gasteiger partial charge in [0, 0.05) is 6.44 Å². The predicted molar refractivity (Wildman–Crippen MR) is 105 cm³/mol. The van der Waals surface area contributed by atoms with Gasteiger partial charge in [0.2, 0.25) is 0 Å². The molecule has 1 atom stereocenters. The Kier molecular flexibility index (Phi) is 7.07. The summed E-state index contributed by atoms with van der Waals surface area (Å²) in [4.78, 5) is 10.9. The number of aryl methyl sites for hydroxylation is 1. The van der Waals surface area contributed by atoms with Crippen LogP contribution in [0.25, 0.3) is 0 Å². The smallest absolute Gasteiger partial charge is 0.263 e. The van der Waals surface area contributed by atoms with Gasteiger partial charge in [-0.2, -0.15) is 0 Å². The Labute approximate surface area is 155 Å². The molecule has 0 saturated heterocycles. The molecule has 24 heavy (non-hydrogen) atoms. The van der Waals surface area contributed by atoms with Gasteiger partial charge in [0.05, 0.1) is 11.4 Å². The Hall–Kier alpha value is -0.495. The third-order valence-corrected chi connectivity index (χ3v) is 6.13. The highest BCUT2D eigenvalue weighted by Gasteiger charge is 2.21. The molecular weight excluding hydrogens is 337 g/mol. The lowest BCUT2D eigenvalue weighted by Crippen LogP contribution is -2.27. The standard InChI is InChI=1S/C14H22B3N4OS2/c22-14(23)18-16-10-3-1-6-13-12(8-7-10)19-20-21(13)9-15-17-24-11-4-2-5-11/h10-11H,1-9H2,(H2,18,22,23). The van der Waals surface area contributed by atoms with Crippen LogP contribution in [-0.4, -0.2) is 46.5 Å². The summed E-state index contributed by atoms with van der Waals surface area (Å²) in [6.45, 7) is 0. The molecule has 1 aromatic rings. The minimum absolute atomic E-state index is 0.296. The van der Waals surface area contributed by atoms with Crippen molar-refractivity contribution >= 4 is 50.5 Å². The Morgan fingerprint density at radius 2 is 2.17 bits per heavy atom. The molecule has 2 aliphatic carbocycles. The first kappa shape index (κ1) is 18.3. The van der Waals surface area contributed by atoms with Crippen molar-refractivity contribution in [2.45, 2.75) is 68.9 Å². The summed E-state index contributed by atoms with van der Waals surface area (Å²) in [5, 5.41) is 12.0. The number of rotatable bonds is 7. The van der Waals surface area contributed by atoms with Crippen LogP contribution in [0.1, 0.15) is 49.9 Å². The number of aromatic nitrogens is 3. The van der Waals surface area contributed by atoms with Crippen LogP contribution in [0.3, 0.4) is 0 Å². The molecule has 125 valence electrons. The molecule has 0 bridgehead atoms. The van der Waals surface area contributed by atoms with E-state index in [0.717, 1.165) is 49.5 Å². The van der Waals surface area contributed by atoms with Crippen LogP contribution in [-0.2, 0) is 19.3 Å². The summed E-state index contributed by atoms with van der Waals surface area (Å²) in [7, 11) is 4.08. The SMILES string of the molecule is O=C(S)N[B]C1CCCc2c(nnn2C[B][B]SC2CCC2)CC1. The minimum Gasteiger partial charge on any atom is -0.394 e. The molecule has 0 aliphatic heterocycles. The summed E-state index contributed by atoms with van der Waals surface area (Å²) < 4.78 is 2.05. The molecule has 0 aromatic carbocycles. The van der Waals surface area contributed by atoms with Crippen molar-refractivity contribution in [1.29, 1.82) is 0 Å². The van der Waals surface area contributed by atoms with E-state index in [4.69, 9.17) is 0 Å². The fourth-order valence-electron chi connectivity index (χ4n) is 3.15. The summed E-state index contributed by atoms with van der Waals surface area (Å²) >= 11 is 5.69. The van der Waals surface area contributed by atoms with E-state index < -0.39 is 0 Å². The first-order valence-electron chi connectivity index (χ1n) is 8.77. The van der Waals surface area contributed by atoms with Crippen molar-refractivity contribution in [3.63, 3.8) is 0 Å². The number of hydrogen-bond donors (Lipinski definition) is 2. The maximum absolute atomic E-state index is 10.9. The molecule has 0 spiro atoms. The third-order valence-electron chi connectivity index (χ3n) is 4.80. The largest absolute Gasteiger partial charge is 0.394 e. The molecule has 1 heterocycles. The zero-order valence-corrected chi connectivity index (χ0v) is 15.6. The van der Waals surface area contributed by atoms with Crippen molar-refractivity contribution in [2.75, 3.05) is 0 Å². The second kappa shape index (κ2) is 9.27. The number of carbonyl (C=O) groups is 1. The number of amides is 1.